The van der Waals surface area contributed by atoms with Crippen molar-refractivity contribution in [2.75, 3.05) is 10.6 Å². The number of fused-ring (bicyclic) bond motifs is 1. The van der Waals surface area contributed by atoms with E-state index in [0.29, 0.717) is 23.0 Å². The van der Waals surface area contributed by atoms with E-state index in [1.807, 2.05) is 24.3 Å². The quantitative estimate of drug-likeness (QED) is 0.572. The van der Waals surface area contributed by atoms with E-state index in [9.17, 15) is 4.79 Å². The van der Waals surface area contributed by atoms with Crippen LogP contribution in [0.15, 0.2) is 53.2 Å². The fourth-order valence-electron chi connectivity index (χ4n) is 2.67. The lowest BCUT2D eigenvalue weighted by Crippen LogP contribution is -2.16. The molecule has 0 aliphatic carbocycles. The van der Waals surface area contributed by atoms with E-state index < -0.39 is 0 Å². The Morgan fingerprint density at radius 2 is 1.93 bits per heavy atom. The summed E-state index contributed by atoms with van der Waals surface area (Å²) in [6.45, 7) is 3.57. The summed E-state index contributed by atoms with van der Waals surface area (Å²) in [6, 6.07) is 12.7. The minimum Gasteiger partial charge on any atom is -0.360 e. The summed E-state index contributed by atoms with van der Waals surface area (Å²) in [4.78, 5) is 25.6. The molecule has 0 bridgehead atoms. The lowest BCUT2D eigenvalue weighted by atomic mass is 10.2. The van der Waals surface area contributed by atoms with E-state index in [4.69, 9.17) is 4.52 Å². The molecule has 0 saturated heterocycles. The third-order valence-corrected chi connectivity index (χ3v) is 3.84. The fourth-order valence-corrected chi connectivity index (χ4v) is 2.67. The number of hydrogen-bond donors (Lipinski definition) is 2. The molecule has 8 heteroatoms. The first kappa shape index (κ1) is 16.6. The highest BCUT2D eigenvalue weighted by Gasteiger charge is 2.13. The zero-order valence-corrected chi connectivity index (χ0v) is 14.7. The first-order chi connectivity index (χ1) is 13.1. The van der Waals surface area contributed by atoms with Gasteiger partial charge in [-0.2, -0.15) is 0 Å². The molecule has 0 aliphatic heterocycles. The standard InChI is InChI=1S/C19H16N6O2/c1-11-9-15(23-19(21-11)24-16-10-12(2)27-25-16)18(26)22-14-7-3-5-13-6-4-8-20-17(13)14/h3-10H,1-2H3,(H,22,26)(H,21,23,24,25). The zero-order chi connectivity index (χ0) is 18.8. The first-order valence-electron chi connectivity index (χ1n) is 8.29. The summed E-state index contributed by atoms with van der Waals surface area (Å²) in [6.07, 6.45) is 1.69. The van der Waals surface area contributed by atoms with E-state index >= 15 is 0 Å². The summed E-state index contributed by atoms with van der Waals surface area (Å²) in [5, 5.41) is 10.6. The molecule has 2 N–H and O–H groups in total. The van der Waals surface area contributed by atoms with Gasteiger partial charge in [-0.05, 0) is 32.0 Å². The maximum absolute atomic E-state index is 12.7. The predicted molar refractivity (Wildman–Crippen MR) is 101 cm³/mol. The van der Waals surface area contributed by atoms with Crippen LogP contribution in [0.4, 0.5) is 17.5 Å². The zero-order valence-electron chi connectivity index (χ0n) is 14.7. The molecule has 0 spiro atoms. The molecule has 8 nitrogen and oxygen atoms in total. The Morgan fingerprint density at radius 3 is 2.74 bits per heavy atom. The summed E-state index contributed by atoms with van der Waals surface area (Å²) in [5.41, 5.74) is 2.22. The van der Waals surface area contributed by atoms with Crippen molar-refractivity contribution >= 4 is 34.3 Å². The lowest BCUT2D eigenvalue weighted by Gasteiger charge is -2.09. The van der Waals surface area contributed by atoms with Crippen molar-refractivity contribution in [1.82, 2.24) is 20.1 Å². The molecular formula is C19H16N6O2. The lowest BCUT2D eigenvalue weighted by molar-refractivity contribution is 0.102. The monoisotopic (exact) mass is 360 g/mol. The second-order valence-corrected chi connectivity index (χ2v) is 6.00. The minimum atomic E-state index is -0.349. The van der Waals surface area contributed by atoms with Crippen LogP contribution in [-0.4, -0.2) is 26.0 Å². The average Bonchev–Trinajstić information content (AvgIpc) is 3.06. The van der Waals surface area contributed by atoms with Gasteiger partial charge in [0.15, 0.2) is 5.82 Å². The molecule has 134 valence electrons. The number of rotatable bonds is 4. The SMILES string of the molecule is Cc1cc(C(=O)Nc2cccc3cccnc23)nc(Nc2cc(C)on2)n1. The molecule has 27 heavy (non-hydrogen) atoms. The number of aryl methyl sites for hydroxylation is 2. The number of aromatic nitrogens is 4. The summed E-state index contributed by atoms with van der Waals surface area (Å²) in [5.74, 6) is 1.05. The van der Waals surface area contributed by atoms with Crippen molar-refractivity contribution in [2.45, 2.75) is 13.8 Å². The van der Waals surface area contributed by atoms with Gasteiger partial charge in [0.25, 0.3) is 5.91 Å². The molecule has 0 atom stereocenters. The number of pyridine rings is 1. The van der Waals surface area contributed by atoms with Crippen LogP contribution in [0.2, 0.25) is 0 Å². The fraction of sp³-hybridized carbons (Fsp3) is 0.105. The predicted octanol–water partition coefficient (Wildman–Crippen LogP) is 3.63. The molecule has 3 aromatic heterocycles. The maximum Gasteiger partial charge on any atom is 0.274 e. The van der Waals surface area contributed by atoms with Crippen LogP contribution in [0.3, 0.4) is 0 Å². The maximum atomic E-state index is 12.7. The van der Waals surface area contributed by atoms with Gasteiger partial charge in [0, 0.05) is 23.3 Å². The average molecular weight is 360 g/mol. The van der Waals surface area contributed by atoms with Crippen molar-refractivity contribution in [3.63, 3.8) is 0 Å². The second kappa shape index (κ2) is 6.83. The van der Waals surface area contributed by atoms with Gasteiger partial charge in [-0.1, -0.05) is 23.4 Å². The van der Waals surface area contributed by atoms with Crippen molar-refractivity contribution < 1.29 is 9.32 Å². The molecule has 0 aliphatic rings. The smallest absolute Gasteiger partial charge is 0.274 e. The largest absolute Gasteiger partial charge is 0.360 e. The summed E-state index contributed by atoms with van der Waals surface area (Å²) >= 11 is 0. The van der Waals surface area contributed by atoms with Gasteiger partial charge in [-0.25, -0.2) is 9.97 Å². The van der Waals surface area contributed by atoms with Gasteiger partial charge in [0.2, 0.25) is 5.95 Å². The second-order valence-electron chi connectivity index (χ2n) is 6.00. The molecule has 0 unspecified atom stereocenters. The van der Waals surface area contributed by atoms with Crippen LogP contribution in [0.1, 0.15) is 21.9 Å². The number of benzene rings is 1. The number of hydrogen-bond acceptors (Lipinski definition) is 7. The highest BCUT2D eigenvalue weighted by molar-refractivity contribution is 6.07. The normalized spacial score (nSPS) is 10.7. The van der Waals surface area contributed by atoms with Crippen molar-refractivity contribution in [1.29, 1.82) is 0 Å². The number of anilines is 3. The molecule has 4 aromatic rings. The molecule has 1 aromatic carbocycles. The Bertz CT molecular complexity index is 1130. The number of amides is 1. The molecular weight excluding hydrogens is 344 g/mol. The number of para-hydroxylation sites is 1. The van der Waals surface area contributed by atoms with Gasteiger partial charge < -0.3 is 15.2 Å². The van der Waals surface area contributed by atoms with E-state index in [-0.39, 0.29) is 17.5 Å². The Balaban J connectivity index is 1.61. The van der Waals surface area contributed by atoms with Crippen LogP contribution in [0, 0.1) is 13.8 Å². The van der Waals surface area contributed by atoms with Gasteiger partial charge in [0.05, 0.1) is 11.2 Å². The van der Waals surface area contributed by atoms with Gasteiger partial charge in [0.1, 0.15) is 11.5 Å². The molecule has 1 amide bonds. The van der Waals surface area contributed by atoms with Crippen LogP contribution in [0.5, 0.6) is 0 Å². The summed E-state index contributed by atoms with van der Waals surface area (Å²) in [7, 11) is 0. The van der Waals surface area contributed by atoms with Crippen molar-refractivity contribution in [2.24, 2.45) is 0 Å². The topological polar surface area (TPSA) is 106 Å². The van der Waals surface area contributed by atoms with Gasteiger partial charge in [-0.15, -0.1) is 0 Å². The molecule has 0 saturated carbocycles. The minimum absolute atomic E-state index is 0.234. The molecule has 3 heterocycles. The number of nitrogens with one attached hydrogen (secondary N) is 2. The Hall–Kier alpha value is -3.81. The van der Waals surface area contributed by atoms with E-state index in [1.54, 1.807) is 38.2 Å². The number of carbonyl (C=O) groups is 1. The number of nitrogens with zero attached hydrogens (tertiary/aromatic N) is 4. The van der Waals surface area contributed by atoms with E-state index in [0.717, 1.165) is 10.9 Å². The molecule has 0 fully saturated rings. The van der Waals surface area contributed by atoms with Gasteiger partial charge >= 0.3 is 0 Å². The first-order valence-corrected chi connectivity index (χ1v) is 8.29. The Labute approximate surface area is 154 Å². The van der Waals surface area contributed by atoms with Crippen molar-refractivity contribution in [3.05, 3.63) is 65.8 Å². The third-order valence-electron chi connectivity index (χ3n) is 3.84. The van der Waals surface area contributed by atoms with E-state index in [1.165, 1.54) is 0 Å². The van der Waals surface area contributed by atoms with Crippen molar-refractivity contribution in [3.8, 4) is 0 Å². The Kier molecular flexibility index (Phi) is 4.21. The van der Waals surface area contributed by atoms with Crippen LogP contribution in [-0.2, 0) is 0 Å². The Morgan fingerprint density at radius 1 is 1.07 bits per heavy atom. The number of carbonyl (C=O) groups excluding carboxylic acids is 1. The van der Waals surface area contributed by atoms with Gasteiger partial charge in [-0.3, -0.25) is 9.78 Å². The molecule has 0 radical (unpaired) electrons. The molecule has 4 rings (SSSR count). The third kappa shape index (κ3) is 3.59. The highest BCUT2D eigenvalue weighted by atomic mass is 16.5. The highest BCUT2D eigenvalue weighted by Crippen LogP contribution is 2.21. The van der Waals surface area contributed by atoms with E-state index in [2.05, 4.69) is 30.7 Å². The van der Waals surface area contributed by atoms with Crippen LogP contribution >= 0.6 is 0 Å². The van der Waals surface area contributed by atoms with Crippen LogP contribution < -0.4 is 10.6 Å². The van der Waals surface area contributed by atoms with Crippen LogP contribution in [0.25, 0.3) is 10.9 Å². The summed E-state index contributed by atoms with van der Waals surface area (Å²) < 4.78 is 5.01.